The minimum Gasteiger partial charge on any atom is -0.490 e. The van der Waals surface area contributed by atoms with Crippen molar-refractivity contribution in [2.24, 2.45) is 5.41 Å². The van der Waals surface area contributed by atoms with Gasteiger partial charge in [0, 0.05) is 17.2 Å². The molecule has 0 bridgehead atoms. The Balaban J connectivity index is 2.05. The highest BCUT2D eigenvalue weighted by Gasteiger charge is 2.53. The monoisotopic (exact) mass is 266 g/mol. The molecule has 1 aliphatic carbocycles. The third kappa shape index (κ3) is 2.25. The first-order valence-corrected chi connectivity index (χ1v) is 7.49. The number of aryl methyl sites for hydroxylation is 1. The van der Waals surface area contributed by atoms with Crippen molar-refractivity contribution in [1.82, 2.24) is 0 Å². The maximum Gasteiger partial charge on any atom is 0.119 e. The molecule has 100 valence electrons. The molecular weight excluding hydrogens is 244 g/mol. The summed E-state index contributed by atoms with van der Waals surface area (Å²) in [7, 11) is 0. The highest BCUT2D eigenvalue weighted by molar-refractivity contribution is 6.21. The van der Waals surface area contributed by atoms with Crippen molar-refractivity contribution < 1.29 is 4.74 Å². The Bertz CT molecular complexity index is 381. The lowest BCUT2D eigenvalue weighted by atomic mass is 9.62. The molecule has 1 fully saturated rings. The Morgan fingerprint density at radius 3 is 2.22 bits per heavy atom. The van der Waals surface area contributed by atoms with Gasteiger partial charge in [-0.1, -0.05) is 32.9 Å². The van der Waals surface area contributed by atoms with E-state index in [4.69, 9.17) is 16.3 Å². The minimum atomic E-state index is 0.172. The Hall–Kier alpha value is -0.690. The van der Waals surface area contributed by atoms with E-state index in [9.17, 15) is 0 Å². The van der Waals surface area contributed by atoms with Crippen LogP contribution >= 0.6 is 11.6 Å². The van der Waals surface area contributed by atoms with Crippen LogP contribution in [-0.4, -0.2) is 11.5 Å². The number of ether oxygens (including phenoxy) is 1. The van der Waals surface area contributed by atoms with Gasteiger partial charge in [0.25, 0.3) is 0 Å². The second-order valence-corrected chi connectivity index (χ2v) is 5.77. The molecule has 0 aliphatic heterocycles. The first-order chi connectivity index (χ1) is 8.66. The fourth-order valence-corrected chi connectivity index (χ4v) is 3.59. The Labute approximate surface area is 115 Å². The fraction of sp³-hybridized carbons (Fsp3) is 0.625. The largest absolute Gasteiger partial charge is 0.490 e. The van der Waals surface area contributed by atoms with Gasteiger partial charge in [0.05, 0.1) is 0 Å². The molecule has 2 atom stereocenters. The standard InChI is InChI=1S/C16H23ClO/c1-4-12-7-9-13(10-8-12)18-15-11-14(17)16(15,5-2)6-3/h7-10,14-15H,4-6,11H2,1-3H3. The van der Waals surface area contributed by atoms with Gasteiger partial charge in [-0.3, -0.25) is 0 Å². The van der Waals surface area contributed by atoms with E-state index in [1.54, 1.807) is 0 Å². The zero-order chi connectivity index (χ0) is 13.2. The van der Waals surface area contributed by atoms with E-state index in [-0.39, 0.29) is 16.9 Å². The van der Waals surface area contributed by atoms with Gasteiger partial charge in [0.2, 0.25) is 0 Å². The smallest absolute Gasteiger partial charge is 0.119 e. The second-order valence-electron chi connectivity index (χ2n) is 5.25. The normalized spacial score (nSPS) is 25.6. The number of hydrogen-bond acceptors (Lipinski definition) is 1. The molecule has 2 unspecified atom stereocenters. The first kappa shape index (κ1) is 13.7. The topological polar surface area (TPSA) is 9.23 Å². The van der Waals surface area contributed by atoms with Crippen LogP contribution in [0.25, 0.3) is 0 Å². The lowest BCUT2D eigenvalue weighted by Gasteiger charge is -2.52. The summed E-state index contributed by atoms with van der Waals surface area (Å²) in [5.41, 5.74) is 1.52. The van der Waals surface area contributed by atoms with E-state index >= 15 is 0 Å². The van der Waals surface area contributed by atoms with Crippen LogP contribution in [0.15, 0.2) is 24.3 Å². The molecule has 1 aliphatic rings. The van der Waals surface area contributed by atoms with Crippen LogP contribution in [0.5, 0.6) is 5.75 Å². The van der Waals surface area contributed by atoms with Crippen molar-refractivity contribution >= 4 is 11.6 Å². The Morgan fingerprint density at radius 2 is 1.78 bits per heavy atom. The van der Waals surface area contributed by atoms with Gasteiger partial charge in [-0.25, -0.2) is 0 Å². The quantitative estimate of drug-likeness (QED) is 0.695. The number of benzene rings is 1. The first-order valence-electron chi connectivity index (χ1n) is 7.06. The van der Waals surface area contributed by atoms with Crippen LogP contribution in [-0.2, 0) is 6.42 Å². The molecule has 1 aromatic rings. The Kier molecular flexibility index (Phi) is 4.21. The highest BCUT2D eigenvalue weighted by Crippen LogP contribution is 2.51. The summed E-state index contributed by atoms with van der Waals surface area (Å²) in [5, 5.41) is 0.271. The van der Waals surface area contributed by atoms with Gasteiger partial charge in [-0.2, -0.15) is 0 Å². The van der Waals surface area contributed by atoms with Crippen LogP contribution in [0.1, 0.15) is 45.6 Å². The molecule has 2 heteroatoms. The number of alkyl halides is 1. The second kappa shape index (κ2) is 5.52. The van der Waals surface area contributed by atoms with E-state index in [2.05, 4.69) is 45.0 Å². The van der Waals surface area contributed by atoms with Crippen molar-refractivity contribution in [3.05, 3.63) is 29.8 Å². The van der Waals surface area contributed by atoms with E-state index < -0.39 is 0 Å². The minimum absolute atomic E-state index is 0.172. The SMILES string of the molecule is CCc1ccc(OC2CC(Cl)C2(CC)CC)cc1. The van der Waals surface area contributed by atoms with E-state index in [0.717, 1.165) is 31.4 Å². The van der Waals surface area contributed by atoms with Crippen molar-refractivity contribution in [1.29, 1.82) is 0 Å². The molecule has 0 N–H and O–H groups in total. The van der Waals surface area contributed by atoms with Crippen LogP contribution in [0.4, 0.5) is 0 Å². The van der Waals surface area contributed by atoms with Crippen molar-refractivity contribution in [2.45, 2.75) is 57.9 Å². The van der Waals surface area contributed by atoms with Crippen molar-refractivity contribution in [3.8, 4) is 5.75 Å². The van der Waals surface area contributed by atoms with Gasteiger partial charge in [0.1, 0.15) is 11.9 Å². The third-order valence-corrected chi connectivity index (χ3v) is 5.23. The lowest BCUT2D eigenvalue weighted by molar-refractivity contribution is -0.0462. The maximum absolute atomic E-state index is 6.40. The number of rotatable bonds is 5. The molecule has 0 radical (unpaired) electrons. The Morgan fingerprint density at radius 1 is 1.17 bits per heavy atom. The van der Waals surface area contributed by atoms with E-state index in [1.165, 1.54) is 5.56 Å². The molecule has 1 nitrogen and oxygen atoms in total. The van der Waals surface area contributed by atoms with Crippen molar-refractivity contribution in [2.75, 3.05) is 0 Å². The summed E-state index contributed by atoms with van der Waals surface area (Å²) in [4.78, 5) is 0. The summed E-state index contributed by atoms with van der Waals surface area (Å²) < 4.78 is 6.13. The van der Waals surface area contributed by atoms with Crippen molar-refractivity contribution in [3.63, 3.8) is 0 Å². The molecule has 0 heterocycles. The third-order valence-electron chi connectivity index (χ3n) is 4.61. The van der Waals surface area contributed by atoms with Gasteiger partial charge >= 0.3 is 0 Å². The summed E-state index contributed by atoms with van der Waals surface area (Å²) in [6.45, 7) is 6.60. The summed E-state index contributed by atoms with van der Waals surface area (Å²) in [6, 6.07) is 8.45. The van der Waals surface area contributed by atoms with Crippen LogP contribution < -0.4 is 4.74 Å². The summed E-state index contributed by atoms with van der Waals surface area (Å²) in [5.74, 6) is 0.979. The molecule has 0 aromatic heterocycles. The molecular formula is C16H23ClO. The van der Waals surface area contributed by atoms with Crippen LogP contribution in [0.3, 0.4) is 0 Å². The zero-order valence-corrected chi connectivity index (χ0v) is 12.3. The number of hydrogen-bond donors (Lipinski definition) is 0. The molecule has 0 amide bonds. The molecule has 18 heavy (non-hydrogen) atoms. The molecule has 1 saturated carbocycles. The van der Waals surface area contributed by atoms with E-state index in [1.807, 2.05) is 0 Å². The van der Waals surface area contributed by atoms with Crippen LogP contribution in [0, 0.1) is 5.41 Å². The molecule has 1 aromatic carbocycles. The number of halogens is 1. The van der Waals surface area contributed by atoms with Gasteiger partial charge in [-0.15, -0.1) is 11.6 Å². The predicted molar refractivity (Wildman–Crippen MR) is 77.5 cm³/mol. The van der Waals surface area contributed by atoms with E-state index in [0.29, 0.717) is 0 Å². The summed E-state index contributed by atoms with van der Waals surface area (Å²) >= 11 is 6.40. The maximum atomic E-state index is 6.40. The molecule has 0 spiro atoms. The predicted octanol–water partition coefficient (Wildman–Crippen LogP) is 4.81. The average Bonchev–Trinajstić information content (AvgIpc) is 2.40. The molecule has 2 rings (SSSR count). The highest BCUT2D eigenvalue weighted by atomic mass is 35.5. The van der Waals surface area contributed by atoms with Gasteiger partial charge in [0.15, 0.2) is 0 Å². The summed E-state index contributed by atoms with van der Waals surface area (Å²) in [6.07, 6.45) is 4.51. The average molecular weight is 267 g/mol. The fourth-order valence-electron chi connectivity index (χ4n) is 2.98. The lowest BCUT2D eigenvalue weighted by Crippen LogP contribution is -2.56. The van der Waals surface area contributed by atoms with Gasteiger partial charge in [-0.05, 0) is 37.0 Å². The van der Waals surface area contributed by atoms with Crippen LogP contribution in [0.2, 0.25) is 0 Å². The zero-order valence-electron chi connectivity index (χ0n) is 11.6. The molecule has 0 saturated heterocycles. The van der Waals surface area contributed by atoms with Gasteiger partial charge < -0.3 is 4.74 Å².